The van der Waals surface area contributed by atoms with Crippen molar-refractivity contribution >= 4 is 28.9 Å². The summed E-state index contributed by atoms with van der Waals surface area (Å²) in [6, 6.07) is 2.31. The average molecular weight is 417 g/mol. The maximum absolute atomic E-state index is 13.4. The number of nitrogen functional groups attached to an aromatic ring is 1. The first-order chi connectivity index (χ1) is 12.8. The minimum Gasteiger partial charge on any atom is -0.616 e. The number of methoxy groups -OCH3 is 1. The number of rotatable bonds is 7. The Morgan fingerprint density at radius 3 is 2.59 bits per heavy atom. The number of halogens is 3. The Labute approximate surface area is 160 Å². The Morgan fingerprint density at radius 1 is 1.37 bits per heavy atom. The predicted molar refractivity (Wildman–Crippen MR) is 95.0 cm³/mol. The van der Waals surface area contributed by atoms with Crippen molar-refractivity contribution in [3.63, 3.8) is 0 Å². The number of aromatic nitrogens is 3. The van der Waals surface area contributed by atoms with Crippen LogP contribution in [0.25, 0.3) is 11.3 Å². The average Bonchev–Trinajstić information content (AvgIpc) is 2.63. The van der Waals surface area contributed by atoms with Crippen LogP contribution < -0.4 is 5.73 Å². The summed E-state index contributed by atoms with van der Waals surface area (Å²) in [5.74, 6) is 0.190. The van der Waals surface area contributed by atoms with Crippen LogP contribution in [0.15, 0.2) is 23.5 Å². The van der Waals surface area contributed by atoms with Gasteiger partial charge in [-0.05, 0) is 17.2 Å². The molecule has 0 aliphatic carbocycles. The molecule has 0 aromatic carbocycles. The van der Waals surface area contributed by atoms with E-state index in [0.29, 0.717) is 0 Å². The Bertz CT molecular complexity index is 828. The van der Waals surface area contributed by atoms with E-state index in [1.807, 2.05) is 0 Å². The second-order valence-corrected chi connectivity index (χ2v) is 7.98. The third kappa shape index (κ3) is 5.70. The van der Waals surface area contributed by atoms with E-state index in [0.717, 1.165) is 17.8 Å². The number of hydrogen-bond acceptors (Lipinski definition) is 8. The smallest absolute Gasteiger partial charge is 0.417 e. The summed E-state index contributed by atoms with van der Waals surface area (Å²) in [5, 5.41) is 9.04. The zero-order valence-corrected chi connectivity index (χ0v) is 15.6. The van der Waals surface area contributed by atoms with E-state index in [1.165, 1.54) is 19.5 Å². The van der Waals surface area contributed by atoms with Gasteiger partial charge in [-0.15, -0.1) is 0 Å². The quantitative estimate of drug-likeness (QED) is 0.539. The Balaban J connectivity index is 2.45. The highest BCUT2D eigenvalue weighted by molar-refractivity contribution is 8.12. The number of nitrogens with two attached hydrogens (primary N) is 1. The summed E-state index contributed by atoms with van der Waals surface area (Å²) in [5.41, 5.74) is 3.79. The molecule has 1 unspecified atom stereocenters. The number of pyridine rings is 1. The topological polar surface area (TPSA) is 121 Å². The normalized spacial score (nSPS) is 12.6. The molecule has 27 heavy (non-hydrogen) atoms. The molecule has 0 saturated carbocycles. The highest BCUT2D eigenvalue weighted by atomic mass is 32.3. The van der Waals surface area contributed by atoms with Gasteiger partial charge in [0.05, 0.1) is 23.4 Å². The maximum atomic E-state index is 13.4. The molecule has 2 heterocycles. The third-order valence-corrected chi connectivity index (χ3v) is 5.93. The van der Waals surface area contributed by atoms with Gasteiger partial charge in [0.15, 0.2) is 5.08 Å². The van der Waals surface area contributed by atoms with Gasteiger partial charge in [0.2, 0.25) is 5.95 Å². The monoisotopic (exact) mass is 417 g/mol. The fourth-order valence-electron chi connectivity index (χ4n) is 1.93. The molecule has 0 saturated heterocycles. The van der Waals surface area contributed by atoms with Crippen molar-refractivity contribution in [3.05, 3.63) is 29.6 Å². The first-order valence-corrected chi connectivity index (χ1v) is 9.80. The van der Waals surface area contributed by atoms with Crippen LogP contribution in [0.1, 0.15) is 11.1 Å². The second kappa shape index (κ2) is 9.23. The van der Waals surface area contributed by atoms with Crippen molar-refractivity contribution in [3.8, 4) is 17.3 Å². The number of alkyl halides is 3. The predicted octanol–water partition coefficient (Wildman–Crippen LogP) is 2.46. The van der Waals surface area contributed by atoms with Crippen LogP contribution >= 0.6 is 11.8 Å². The number of hydrogen-bond donors (Lipinski definition) is 1. The number of nitriles is 1. The molecule has 0 aliphatic heterocycles. The molecule has 144 valence electrons. The molecule has 2 aromatic rings. The molecule has 12 heteroatoms. The van der Waals surface area contributed by atoms with Crippen molar-refractivity contribution in [2.75, 3.05) is 30.3 Å². The fraction of sp³-hybridized carbons (Fsp3) is 0.333. The second-order valence-electron chi connectivity index (χ2n) is 5.07. The molecule has 0 radical (unpaired) electrons. The number of thioether (sulfide) groups is 1. The molecule has 1 atom stereocenters. The highest BCUT2D eigenvalue weighted by Crippen LogP contribution is 2.38. The SMILES string of the molecule is COCC[S+]([O-])CSc1nc(-c2cnc(N)nc2)cc(C(F)(F)F)c1C#N. The van der Waals surface area contributed by atoms with Gasteiger partial charge < -0.3 is 15.0 Å². The van der Waals surface area contributed by atoms with Gasteiger partial charge in [-0.1, -0.05) is 11.8 Å². The van der Waals surface area contributed by atoms with E-state index in [1.54, 1.807) is 6.07 Å². The van der Waals surface area contributed by atoms with E-state index in [4.69, 9.17) is 10.5 Å². The van der Waals surface area contributed by atoms with Crippen LogP contribution in [0.2, 0.25) is 0 Å². The van der Waals surface area contributed by atoms with Gasteiger partial charge in [-0.2, -0.15) is 18.4 Å². The molecular weight excluding hydrogens is 403 g/mol. The molecule has 0 amide bonds. The van der Waals surface area contributed by atoms with E-state index in [9.17, 15) is 23.0 Å². The third-order valence-electron chi connectivity index (χ3n) is 3.21. The van der Waals surface area contributed by atoms with E-state index >= 15 is 0 Å². The van der Waals surface area contributed by atoms with Gasteiger partial charge in [-0.3, -0.25) is 0 Å². The fourth-order valence-corrected chi connectivity index (χ4v) is 4.19. The summed E-state index contributed by atoms with van der Waals surface area (Å²) in [7, 11) is 1.45. The molecule has 0 spiro atoms. The highest BCUT2D eigenvalue weighted by Gasteiger charge is 2.36. The van der Waals surface area contributed by atoms with Crippen molar-refractivity contribution in [1.82, 2.24) is 15.0 Å². The van der Waals surface area contributed by atoms with Crippen molar-refractivity contribution in [2.24, 2.45) is 0 Å². The minimum absolute atomic E-state index is 0.0238. The maximum Gasteiger partial charge on any atom is 0.417 e. The summed E-state index contributed by atoms with van der Waals surface area (Å²) in [6.07, 6.45) is -2.29. The lowest BCUT2D eigenvalue weighted by Crippen LogP contribution is -2.14. The number of anilines is 1. The molecule has 0 fully saturated rings. The van der Waals surface area contributed by atoms with Crippen LogP contribution in [-0.4, -0.2) is 44.1 Å². The Kier molecular flexibility index (Phi) is 7.25. The van der Waals surface area contributed by atoms with E-state index < -0.39 is 28.5 Å². The lowest BCUT2D eigenvalue weighted by molar-refractivity contribution is -0.138. The van der Waals surface area contributed by atoms with Crippen molar-refractivity contribution in [2.45, 2.75) is 11.2 Å². The number of ether oxygens (including phenoxy) is 1. The van der Waals surface area contributed by atoms with Crippen LogP contribution in [0.3, 0.4) is 0 Å². The molecule has 0 bridgehead atoms. The van der Waals surface area contributed by atoms with Crippen LogP contribution in [0.4, 0.5) is 19.1 Å². The summed E-state index contributed by atoms with van der Waals surface area (Å²) in [6.45, 7) is 0.252. The minimum atomic E-state index is -4.76. The molecule has 2 aromatic heterocycles. The zero-order chi connectivity index (χ0) is 20.0. The van der Waals surface area contributed by atoms with Gasteiger partial charge in [-0.25, -0.2) is 15.0 Å². The van der Waals surface area contributed by atoms with Gasteiger partial charge >= 0.3 is 6.18 Å². The first kappa shape index (κ1) is 21.2. The first-order valence-electron chi connectivity index (χ1n) is 7.33. The largest absolute Gasteiger partial charge is 0.616 e. The summed E-state index contributed by atoms with van der Waals surface area (Å²) in [4.78, 5) is 11.6. The standard InChI is InChI=1S/C15H14F3N5O2S2/c1-25-2-3-27(24)8-26-13-10(5-19)11(15(16,17)18)4-12(23-13)9-6-21-14(20)22-7-9/h4,6-7H,2-3,8H2,1H3,(H2,20,21,22). The van der Waals surface area contributed by atoms with Crippen molar-refractivity contribution < 1.29 is 22.5 Å². The lowest BCUT2D eigenvalue weighted by atomic mass is 10.1. The molecule has 2 rings (SSSR count). The van der Waals surface area contributed by atoms with Crippen LogP contribution in [0.5, 0.6) is 0 Å². The van der Waals surface area contributed by atoms with E-state index in [-0.39, 0.29) is 39.7 Å². The van der Waals surface area contributed by atoms with Gasteiger partial charge in [0.1, 0.15) is 16.8 Å². The lowest BCUT2D eigenvalue weighted by Gasteiger charge is -2.15. The zero-order valence-electron chi connectivity index (χ0n) is 14.0. The molecule has 7 nitrogen and oxygen atoms in total. The summed E-state index contributed by atoms with van der Waals surface area (Å²) < 4.78 is 57.0. The van der Waals surface area contributed by atoms with Gasteiger partial charge in [0, 0.05) is 25.1 Å². The van der Waals surface area contributed by atoms with Crippen molar-refractivity contribution in [1.29, 1.82) is 5.26 Å². The summed E-state index contributed by atoms with van der Waals surface area (Å²) >= 11 is -0.529. The molecular formula is C15H14F3N5O2S2. The Morgan fingerprint density at radius 2 is 2.04 bits per heavy atom. The van der Waals surface area contributed by atoms with Crippen LogP contribution in [-0.2, 0) is 22.1 Å². The van der Waals surface area contributed by atoms with E-state index in [2.05, 4.69) is 15.0 Å². The molecule has 2 N–H and O–H groups in total. The molecule has 0 aliphatic rings. The Hall–Kier alpha value is -2.07. The van der Waals surface area contributed by atoms with Crippen LogP contribution in [0, 0.1) is 11.3 Å². The van der Waals surface area contributed by atoms with Gasteiger partial charge in [0.25, 0.3) is 0 Å². The number of nitrogens with zero attached hydrogens (tertiary/aromatic N) is 4.